The molecule has 0 bridgehead atoms. The zero-order valence-electron chi connectivity index (χ0n) is 20.1. The molecular weight excluding hydrogens is 493 g/mol. The summed E-state index contributed by atoms with van der Waals surface area (Å²) in [5, 5.41) is 13.9. The van der Waals surface area contributed by atoms with Crippen molar-refractivity contribution in [2.45, 2.75) is 51.2 Å². The number of nitrogens with one attached hydrogen (secondary N) is 1. The summed E-state index contributed by atoms with van der Waals surface area (Å²) in [5.41, 5.74) is 3.01. The summed E-state index contributed by atoms with van der Waals surface area (Å²) in [5.74, 6) is -0.206. The van der Waals surface area contributed by atoms with Crippen molar-refractivity contribution in [3.05, 3.63) is 63.9 Å². The van der Waals surface area contributed by atoms with Crippen LogP contribution in [-0.4, -0.2) is 47.1 Å². The number of aromatic nitrogens is 2. The lowest BCUT2D eigenvalue weighted by molar-refractivity contribution is 0.167. The van der Waals surface area contributed by atoms with Gasteiger partial charge in [-0.05, 0) is 58.0 Å². The second-order valence-electron chi connectivity index (χ2n) is 8.99. The molecule has 188 valence electrons. The van der Waals surface area contributed by atoms with Crippen molar-refractivity contribution in [3.8, 4) is 0 Å². The van der Waals surface area contributed by atoms with Crippen molar-refractivity contribution < 1.29 is 22.7 Å². The van der Waals surface area contributed by atoms with Crippen molar-refractivity contribution in [2.24, 2.45) is 0 Å². The van der Waals surface area contributed by atoms with E-state index in [1.165, 1.54) is 23.0 Å². The molecule has 1 aromatic carbocycles. The van der Waals surface area contributed by atoms with Gasteiger partial charge in [0.1, 0.15) is 16.5 Å². The maximum absolute atomic E-state index is 14.7. The molecule has 3 rings (SSSR count). The Morgan fingerprint density at radius 1 is 1.26 bits per heavy atom. The summed E-state index contributed by atoms with van der Waals surface area (Å²) in [7, 11) is -2.48. The first-order chi connectivity index (χ1) is 16.3. The third-order valence-electron chi connectivity index (χ3n) is 5.59. The van der Waals surface area contributed by atoms with Crippen LogP contribution in [0.5, 0.6) is 0 Å². The molecule has 1 amide bonds. The van der Waals surface area contributed by atoms with Crippen molar-refractivity contribution in [2.75, 3.05) is 16.7 Å². The van der Waals surface area contributed by atoms with Gasteiger partial charge in [0.2, 0.25) is 0 Å². The van der Waals surface area contributed by atoms with Gasteiger partial charge in [0.25, 0.3) is 10.0 Å². The van der Waals surface area contributed by atoms with Crippen LogP contribution in [0.1, 0.15) is 37.5 Å². The summed E-state index contributed by atoms with van der Waals surface area (Å²) in [6.07, 6.45) is -0.606. The number of carbonyl (C=O) groups is 1. The quantitative estimate of drug-likeness (QED) is 0.438. The minimum atomic E-state index is -4.45. The fraction of sp³-hybridized carbons (Fsp3) is 0.348. The molecule has 9 nitrogen and oxygen atoms in total. The lowest BCUT2D eigenvalue weighted by atomic mass is 10.0. The number of aryl methyl sites for hydroxylation is 1. The van der Waals surface area contributed by atoms with Gasteiger partial charge in [0.05, 0.1) is 5.51 Å². The number of anilines is 2. The minimum Gasteiger partial charge on any atom is -0.464 e. The van der Waals surface area contributed by atoms with Crippen LogP contribution < -0.4 is 9.62 Å². The molecule has 2 N–H and O–H groups in total. The van der Waals surface area contributed by atoms with Gasteiger partial charge < -0.3 is 10.4 Å². The summed E-state index contributed by atoms with van der Waals surface area (Å²) in [6, 6.07) is 6.26. The van der Waals surface area contributed by atoms with Crippen LogP contribution in [0.4, 0.5) is 20.8 Å². The number of carboxylic acid groups (broad SMARTS) is 1. The molecule has 0 radical (unpaired) electrons. The van der Waals surface area contributed by atoms with Crippen LogP contribution in [0.2, 0.25) is 0 Å². The highest BCUT2D eigenvalue weighted by molar-refractivity contribution is 7.93. The highest BCUT2D eigenvalue weighted by Crippen LogP contribution is 2.26. The lowest BCUT2D eigenvalue weighted by Crippen LogP contribution is -2.37. The number of sulfonamides is 1. The number of halogens is 1. The summed E-state index contributed by atoms with van der Waals surface area (Å²) < 4.78 is 40.9. The molecule has 0 saturated carbocycles. The van der Waals surface area contributed by atoms with E-state index in [1.807, 2.05) is 13.1 Å². The standard InChI is InChI=1S/C23H28FN5O4S2/c1-15-9-17(35(32,33)29(22(30)31)20-13-34-14-27-20)10-25-21(15)26-11-18-16(7-6-8-19(18)24)12-28(5)23(2,3)4/h6-10,13-14H,11-12H2,1-5H3,(H,25,26)(H,30,31). The Labute approximate surface area is 208 Å². The van der Waals surface area contributed by atoms with Crippen molar-refractivity contribution in [1.82, 2.24) is 14.9 Å². The maximum Gasteiger partial charge on any atom is 0.427 e. The van der Waals surface area contributed by atoms with Gasteiger partial charge in [-0.3, -0.25) is 4.90 Å². The molecule has 0 saturated heterocycles. The summed E-state index contributed by atoms with van der Waals surface area (Å²) >= 11 is 1.07. The number of hydrogen-bond acceptors (Lipinski definition) is 8. The minimum absolute atomic E-state index is 0.0984. The molecule has 35 heavy (non-hydrogen) atoms. The Bertz CT molecular complexity index is 1310. The average molecular weight is 522 g/mol. The molecule has 0 spiro atoms. The van der Waals surface area contributed by atoms with E-state index < -0.39 is 16.1 Å². The number of benzene rings is 1. The lowest BCUT2D eigenvalue weighted by Gasteiger charge is -2.32. The summed E-state index contributed by atoms with van der Waals surface area (Å²) in [6.45, 7) is 8.55. The topological polar surface area (TPSA) is 116 Å². The van der Waals surface area contributed by atoms with E-state index in [1.54, 1.807) is 13.0 Å². The zero-order chi connectivity index (χ0) is 26.0. The molecule has 2 aromatic heterocycles. The van der Waals surface area contributed by atoms with Crippen LogP contribution >= 0.6 is 11.3 Å². The molecule has 0 aliphatic carbocycles. The van der Waals surface area contributed by atoms with Gasteiger partial charge in [-0.25, -0.2) is 27.6 Å². The highest BCUT2D eigenvalue weighted by Gasteiger charge is 2.33. The van der Waals surface area contributed by atoms with E-state index in [4.69, 9.17) is 0 Å². The molecule has 0 fully saturated rings. The van der Waals surface area contributed by atoms with Gasteiger partial charge in [-0.1, -0.05) is 12.1 Å². The number of hydrogen-bond donors (Lipinski definition) is 2. The van der Waals surface area contributed by atoms with Gasteiger partial charge in [-0.2, -0.15) is 0 Å². The van der Waals surface area contributed by atoms with Gasteiger partial charge in [-0.15, -0.1) is 15.6 Å². The van der Waals surface area contributed by atoms with E-state index in [2.05, 4.69) is 41.0 Å². The van der Waals surface area contributed by atoms with E-state index in [0.717, 1.165) is 23.1 Å². The molecular formula is C23H28FN5O4S2. The van der Waals surface area contributed by atoms with Crippen LogP contribution in [0.15, 0.2) is 46.2 Å². The second kappa shape index (κ2) is 10.3. The van der Waals surface area contributed by atoms with Crippen LogP contribution in [0.25, 0.3) is 0 Å². The zero-order valence-corrected chi connectivity index (χ0v) is 21.7. The van der Waals surface area contributed by atoms with E-state index in [9.17, 15) is 22.7 Å². The Hall–Kier alpha value is -3.09. The third-order valence-corrected chi connectivity index (χ3v) is 7.81. The monoisotopic (exact) mass is 521 g/mol. The second-order valence-corrected chi connectivity index (χ2v) is 11.5. The van der Waals surface area contributed by atoms with Crippen molar-refractivity contribution in [1.29, 1.82) is 0 Å². The van der Waals surface area contributed by atoms with E-state index in [-0.39, 0.29) is 32.9 Å². The predicted molar refractivity (Wildman–Crippen MR) is 134 cm³/mol. The number of rotatable bonds is 8. The largest absolute Gasteiger partial charge is 0.464 e. The van der Waals surface area contributed by atoms with Crippen molar-refractivity contribution >= 4 is 39.1 Å². The predicted octanol–water partition coefficient (Wildman–Crippen LogP) is 4.70. The van der Waals surface area contributed by atoms with E-state index in [0.29, 0.717) is 23.5 Å². The SMILES string of the molecule is Cc1cc(S(=O)(=O)N(C(=O)O)c2cscn2)cnc1NCc1c(F)cccc1CN(C)C(C)(C)C. The smallest absolute Gasteiger partial charge is 0.427 e. The van der Waals surface area contributed by atoms with Crippen LogP contribution in [-0.2, 0) is 23.1 Å². The van der Waals surface area contributed by atoms with Gasteiger partial charge in [0.15, 0.2) is 5.82 Å². The Morgan fingerprint density at radius 3 is 2.54 bits per heavy atom. The molecule has 0 aliphatic rings. The van der Waals surface area contributed by atoms with Crippen LogP contribution in [0.3, 0.4) is 0 Å². The average Bonchev–Trinajstić information content (AvgIpc) is 3.26. The Kier molecular flexibility index (Phi) is 7.77. The van der Waals surface area contributed by atoms with Gasteiger partial charge >= 0.3 is 6.09 Å². The normalized spacial score (nSPS) is 12.1. The Balaban J connectivity index is 1.84. The molecule has 0 aliphatic heterocycles. The molecule has 0 unspecified atom stereocenters. The molecule has 3 aromatic rings. The molecule has 2 heterocycles. The fourth-order valence-corrected chi connectivity index (χ4v) is 5.08. The Morgan fingerprint density at radius 2 is 1.97 bits per heavy atom. The maximum atomic E-state index is 14.7. The number of pyridine rings is 1. The molecule has 12 heteroatoms. The van der Waals surface area contributed by atoms with Crippen molar-refractivity contribution in [3.63, 3.8) is 0 Å². The number of amides is 1. The van der Waals surface area contributed by atoms with Crippen LogP contribution in [0, 0.1) is 12.7 Å². The number of nitrogens with zero attached hydrogens (tertiary/aromatic N) is 4. The third kappa shape index (κ3) is 5.95. The number of thiazole rings is 1. The highest BCUT2D eigenvalue weighted by atomic mass is 32.2. The first-order valence-electron chi connectivity index (χ1n) is 10.7. The summed E-state index contributed by atoms with van der Waals surface area (Å²) in [4.78, 5) is 21.5. The first kappa shape index (κ1) is 26.5. The first-order valence-corrected chi connectivity index (χ1v) is 13.0. The van der Waals surface area contributed by atoms with Gasteiger partial charge in [0, 0.05) is 35.8 Å². The van der Waals surface area contributed by atoms with E-state index >= 15 is 0 Å². The molecule has 0 atom stereocenters. The fourth-order valence-electron chi connectivity index (χ4n) is 3.23.